The zero-order chi connectivity index (χ0) is 18.8. The number of carbonyl (C=O) groups is 2. The Bertz CT molecular complexity index is 812. The number of benzene rings is 2. The molecule has 2 atom stereocenters. The number of hydrogen-bond donors (Lipinski definition) is 1. The summed E-state index contributed by atoms with van der Waals surface area (Å²) in [4.78, 5) is 26.9. The number of nitrogens with zero attached hydrogens (tertiary/aromatic N) is 1. The normalized spacial score (nSPS) is 18.1. The summed E-state index contributed by atoms with van der Waals surface area (Å²) < 4.78 is 1.05. The molecule has 1 saturated heterocycles. The average molecular weight is 415 g/mol. The summed E-state index contributed by atoms with van der Waals surface area (Å²) in [5, 5.41) is 2.97. The van der Waals surface area contributed by atoms with Crippen LogP contribution in [0.1, 0.15) is 36.1 Å². The molecule has 1 N–H and O–H groups in total. The van der Waals surface area contributed by atoms with Crippen LogP contribution < -0.4 is 5.32 Å². The lowest BCUT2D eigenvalue weighted by Crippen LogP contribution is -2.30. The quantitative estimate of drug-likeness (QED) is 0.793. The number of nitrogens with one attached hydrogen (secondary N) is 1. The SMILES string of the molecule is Cc1cc(NC(=O)[C@H]2CC(=O)N([C@H](C)c3ccccc3)C2)cc(C)c1Br. The molecule has 1 heterocycles. The smallest absolute Gasteiger partial charge is 0.229 e. The number of halogens is 1. The fraction of sp³-hybridized carbons (Fsp3) is 0.333. The van der Waals surface area contributed by atoms with Crippen molar-refractivity contribution in [3.05, 3.63) is 63.6 Å². The number of aryl methyl sites for hydroxylation is 2. The Morgan fingerprint density at radius 2 is 1.81 bits per heavy atom. The lowest BCUT2D eigenvalue weighted by molar-refractivity contribution is -0.129. The van der Waals surface area contributed by atoms with E-state index >= 15 is 0 Å². The first-order valence-corrected chi connectivity index (χ1v) is 9.58. The van der Waals surface area contributed by atoms with Crippen molar-refractivity contribution < 1.29 is 9.59 Å². The molecule has 5 heteroatoms. The first-order valence-electron chi connectivity index (χ1n) is 8.79. The number of hydrogen-bond acceptors (Lipinski definition) is 2. The number of carbonyl (C=O) groups excluding carboxylic acids is 2. The van der Waals surface area contributed by atoms with Gasteiger partial charge in [-0.05, 0) is 49.6 Å². The standard InChI is InChI=1S/C21H23BrN2O2/c1-13-9-18(10-14(2)20(13)22)23-21(26)17-11-19(25)24(12-17)15(3)16-7-5-4-6-8-16/h4-10,15,17H,11-12H2,1-3H3,(H,23,26)/t15-,17+/m1/s1. The predicted molar refractivity (Wildman–Crippen MR) is 107 cm³/mol. The largest absolute Gasteiger partial charge is 0.335 e. The van der Waals surface area contributed by atoms with E-state index in [2.05, 4.69) is 21.2 Å². The van der Waals surface area contributed by atoms with Gasteiger partial charge in [-0.1, -0.05) is 46.3 Å². The van der Waals surface area contributed by atoms with Crippen LogP contribution in [0.15, 0.2) is 46.9 Å². The number of likely N-dealkylation sites (tertiary alicyclic amines) is 1. The summed E-state index contributed by atoms with van der Waals surface area (Å²) >= 11 is 3.54. The van der Waals surface area contributed by atoms with E-state index in [4.69, 9.17) is 0 Å². The molecule has 26 heavy (non-hydrogen) atoms. The van der Waals surface area contributed by atoms with E-state index in [-0.39, 0.29) is 30.2 Å². The van der Waals surface area contributed by atoms with Crippen LogP contribution in [0, 0.1) is 19.8 Å². The summed E-state index contributed by atoms with van der Waals surface area (Å²) in [7, 11) is 0. The molecule has 0 radical (unpaired) electrons. The monoisotopic (exact) mass is 414 g/mol. The molecule has 1 aliphatic rings. The highest BCUT2D eigenvalue weighted by atomic mass is 79.9. The molecule has 3 rings (SSSR count). The molecule has 1 fully saturated rings. The van der Waals surface area contributed by atoms with E-state index in [0.29, 0.717) is 6.54 Å². The Morgan fingerprint density at radius 3 is 2.42 bits per heavy atom. The topological polar surface area (TPSA) is 49.4 Å². The number of amides is 2. The lowest BCUT2D eigenvalue weighted by Gasteiger charge is -2.25. The molecule has 2 aromatic carbocycles. The Kier molecular flexibility index (Phi) is 5.47. The van der Waals surface area contributed by atoms with Crippen molar-refractivity contribution >= 4 is 33.4 Å². The van der Waals surface area contributed by atoms with Crippen molar-refractivity contribution in [1.29, 1.82) is 0 Å². The minimum atomic E-state index is -0.321. The average Bonchev–Trinajstić information content (AvgIpc) is 3.01. The van der Waals surface area contributed by atoms with Crippen LogP contribution in [-0.4, -0.2) is 23.3 Å². The third kappa shape index (κ3) is 3.83. The fourth-order valence-electron chi connectivity index (χ4n) is 3.46. The summed E-state index contributed by atoms with van der Waals surface area (Å²) in [5.74, 6) is -0.384. The maximum atomic E-state index is 12.7. The summed E-state index contributed by atoms with van der Waals surface area (Å²) in [6.45, 7) is 6.45. The van der Waals surface area contributed by atoms with Crippen molar-refractivity contribution in [2.45, 2.75) is 33.2 Å². The van der Waals surface area contributed by atoms with Crippen LogP contribution in [-0.2, 0) is 9.59 Å². The zero-order valence-corrected chi connectivity index (χ0v) is 16.8. The molecule has 0 unspecified atom stereocenters. The van der Waals surface area contributed by atoms with E-state index in [1.54, 1.807) is 4.90 Å². The van der Waals surface area contributed by atoms with Crippen molar-refractivity contribution in [3.8, 4) is 0 Å². The van der Waals surface area contributed by atoms with E-state index in [1.165, 1.54) is 0 Å². The Balaban J connectivity index is 1.69. The van der Waals surface area contributed by atoms with Gasteiger partial charge in [-0.15, -0.1) is 0 Å². The molecule has 0 saturated carbocycles. The Morgan fingerprint density at radius 1 is 1.19 bits per heavy atom. The van der Waals surface area contributed by atoms with Crippen LogP contribution in [0.25, 0.3) is 0 Å². The van der Waals surface area contributed by atoms with Gasteiger partial charge in [-0.25, -0.2) is 0 Å². The summed E-state index contributed by atoms with van der Waals surface area (Å²) in [5.41, 5.74) is 4.00. The highest BCUT2D eigenvalue weighted by Crippen LogP contribution is 2.30. The van der Waals surface area contributed by atoms with E-state index in [1.807, 2.05) is 63.2 Å². The summed E-state index contributed by atoms with van der Waals surface area (Å²) in [6, 6.07) is 13.8. The highest BCUT2D eigenvalue weighted by Gasteiger charge is 2.37. The second-order valence-electron chi connectivity index (χ2n) is 6.95. The molecule has 0 bridgehead atoms. The Labute approximate surface area is 162 Å². The number of rotatable bonds is 4. The molecule has 2 amide bonds. The van der Waals surface area contributed by atoms with Crippen LogP contribution in [0.5, 0.6) is 0 Å². The molecular weight excluding hydrogens is 392 g/mol. The maximum absolute atomic E-state index is 12.7. The van der Waals surface area contributed by atoms with Gasteiger partial charge in [-0.2, -0.15) is 0 Å². The van der Waals surface area contributed by atoms with E-state index in [9.17, 15) is 9.59 Å². The van der Waals surface area contributed by atoms with Gasteiger partial charge >= 0.3 is 0 Å². The summed E-state index contributed by atoms with van der Waals surface area (Å²) in [6.07, 6.45) is 0.261. The van der Waals surface area contributed by atoms with Gasteiger partial charge in [0.25, 0.3) is 0 Å². The Hall–Kier alpha value is -2.14. The highest BCUT2D eigenvalue weighted by molar-refractivity contribution is 9.10. The van der Waals surface area contributed by atoms with Gasteiger partial charge in [0.15, 0.2) is 0 Å². The van der Waals surface area contributed by atoms with E-state index in [0.717, 1.165) is 26.9 Å². The minimum Gasteiger partial charge on any atom is -0.335 e. The van der Waals surface area contributed by atoms with Gasteiger partial charge in [0.1, 0.15) is 0 Å². The first-order chi connectivity index (χ1) is 12.4. The van der Waals surface area contributed by atoms with Crippen LogP contribution in [0.4, 0.5) is 5.69 Å². The molecule has 1 aliphatic heterocycles. The van der Waals surface area contributed by atoms with Gasteiger partial charge in [0, 0.05) is 23.1 Å². The van der Waals surface area contributed by atoms with Gasteiger partial charge in [0.05, 0.1) is 12.0 Å². The molecule has 0 aliphatic carbocycles. The van der Waals surface area contributed by atoms with E-state index < -0.39 is 0 Å². The minimum absolute atomic E-state index is 0.0290. The predicted octanol–water partition coefficient (Wildman–Crippen LogP) is 4.61. The van der Waals surface area contributed by atoms with Gasteiger partial charge < -0.3 is 10.2 Å². The second-order valence-corrected chi connectivity index (χ2v) is 7.74. The molecular formula is C21H23BrN2O2. The van der Waals surface area contributed by atoms with Crippen LogP contribution in [0.2, 0.25) is 0 Å². The molecule has 0 spiro atoms. The third-order valence-corrected chi connectivity index (χ3v) is 6.23. The zero-order valence-electron chi connectivity index (χ0n) is 15.3. The van der Waals surface area contributed by atoms with Crippen molar-refractivity contribution in [1.82, 2.24) is 4.90 Å². The van der Waals surface area contributed by atoms with Crippen molar-refractivity contribution in [2.75, 3.05) is 11.9 Å². The van der Waals surface area contributed by atoms with Gasteiger partial charge in [0.2, 0.25) is 11.8 Å². The van der Waals surface area contributed by atoms with Crippen molar-refractivity contribution in [3.63, 3.8) is 0 Å². The first kappa shape index (κ1) is 18.6. The maximum Gasteiger partial charge on any atom is 0.229 e. The molecule has 2 aromatic rings. The van der Waals surface area contributed by atoms with Crippen LogP contribution in [0.3, 0.4) is 0 Å². The van der Waals surface area contributed by atoms with Crippen molar-refractivity contribution in [2.24, 2.45) is 5.92 Å². The van der Waals surface area contributed by atoms with Gasteiger partial charge in [-0.3, -0.25) is 9.59 Å². The number of anilines is 1. The van der Waals surface area contributed by atoms with Crippen LogP contribution >= 0.6 is 15.9 Å². The molecule has 4 nitrogen and oxygen atoms in total. The second kappa shape index (κ2) is 7.62. The molecule has 136 valence electrons. The lowest BCUT2D eigenvalue weighted by atomic mass is 10.1. The molecule has 0 aromatic heterocycles. The fourth-order valence-corrected chi connectivity index (χ4v) is 3.68. The third-order valence-electron chi connectivity index (χ3n) is 4.98.